The van der Waals surface area contributed by atoms with Crippen LogP contribution in [0.2, 0.25) is 5.02 Å². The molecule has 0 fully saturated rings. The molecule has 0 aliphatic rings. The van der Waals surface area contributed by atoms with Crippen LogP contribution in [0.3, 0.4) is 0 Å². The molecule has 0 unspecified atom stereocenters. The third-order valence-corrected chi connectivity index (χ3v) is 2.82. The first-order valence-electron chi connectivity index (χ1n) is 5.75. The lowest BCUT2D eigenvalue weighted by Crippen LogP contribution is -2.06. The Bertz CT molecular complexity index is 563. The lowest BCUT2D eigenvalue weighted by molar-refractivity contribution is 0.604. The Morgan fingerprint density at radius 2 is 2.11 bits per heavy atom. The van der Waals surface area contributed by atoms with Gasteiger partial charge in [-0.2, -0.15) is 0 Å². The largest absolute Gasteiger partial charge is 0.323 e. The minimum Gasteiger partial charge on any atom is -0.323 e. The molecule has 1 heterocycles. The van der Waals surface area contributed by atoms with Gasteiger partial charge in [0.15, 0.2) is 0 Å². The van der Waals surface area contributed by atoms with Crippen molar-refractivity contribution in [3.8, 4) is 0 Å². The van der Waals surface area contributed by atoms with Crippen molar-refractivity contribution in [2.75, 3.05) is 5.32 Å². The maximum Gasteiger partial charge on any atom is 0.207 e. The molecule has 0 saturated heterocycles. The second-order valence-corrected chi connectivity index (χ2v) is 4.89. The number of imidazole rings is 1. The van der Waals surface area contributed by atoms with Crippen molar-refractivity contribution >= 4 is 23.2 Å². The molecular formula is C13H15ClFN3. The van der Waals surface area contributed by atoms with Crippen molar-refractivity contribution in [3.05, 3.63) is 40.9 Å². The van der Waals surface area contributed by atoms with Crippen LogP contribution in [0.25, 0.3) is 0 Å². The minimum atomic E-state index is -0.390. The molecule has 2 aromatic rings. The molecule has 1 N–H and O–H groups in total. The fourth-order valence-electron chi connectivity index (χ4n) is 1.71. The van der Waals surface area contributed by atoms with Crippen LogP contribution in [0.5, 0.6) is 0 Å². The number of aromatic nitrogens is 2. The normalized spacial score (nSPS) is 11.0. The molecule has 96 valence electrons. The maximum absolute atomic E-state index is 13.7. The molecule has 5 heteroatoms. The summed E-state index contributed by atoms with van der Waals surface area (Å²) in [7, 11) is 0. The predicted octanol–water partition coefficient (Wildman–Crippen LogP) is 4.31. The summed E-state index contributed by atoms with van der Waals surface area (Å²) < 4.78 is 15.7. The van der Waals surface area contributed by atoms with Gasteiger partial charge >= 0.3 is 0 Å². The van der Waals surface area contributed by atoms with Gasteiger partial charge in [-0.1, -0.05) is 11.6 Å². The molecule has 0 atom stereocenters. The van der Waals surface area contributed by atoms with E-state index in [1.165, 1.54) is 6.07 Å². The Morgan fingerprint density at radius 3 is 2.72 bits per heavy atom. The molecule has 1 aromatic carbocycles. The zero-order valence-electron chi connectivity index (χ0n) is 10.5. The summed E-state index contributed by atoms with van der Waals surface area (Å²) in [5.41, 5.74) is 1.26. The van der Waals surface area contributed by atoms with Gasteiger partial charge in [-0.05, 0) is 39.0 Å². The Labute approximate surface area is 111 Å². The zero-order chi connectivity index (χ0) is 13.3. The van der Waals surface area contributed by atoms with Gasteiger partial charge in [0.1, 0.15) is 5.82 Å². The van der Waals surface area contributed by atoms with E-state index in [0.717, 1.165) is 5.69 Å². The summed E-state index contributed by atoms with van der Waals surface area (Å²) in [6, 6.07) is 4.78. The smallest absolute Gasteiger partial charge is 0.207 e. The fraction of sp³-hybridized carbons (Fsp3) is 0.308. The first-order valence-corrected chi connectivity index (χ1v) is 6.12. The molecule has 1 aromatic heterocycles. The van der Waals surface area contributed by atoms with E-state index < -0.39 is 5.82 Å². The van der Waals surface area contributed by atoms with Crippen LogP contribution in [0.4, 0.5) is 16.0 Å². The summed E-state index contributed by atoms with van der Waals surface area (Å²) in [4.78, 5) is 4.34. The molecule has 2 rings (SSSR count). The first-order chi connectivity index (χ1) is 8.47. The van der Waals surface area contributed by atoms with Crippen LogP contribution < -0.4 is 5.32 Å². The highest BCUT2D eigenvalue weighted by Crippen LogP contribution is 2.24. The number of hydrogen-bond donors (Lipinski definition) is 1. The lowest BCUT2D eigenvalue weighted by atomic mass is 10.3. The van der Waals surface area contributed by atoms with Gasteiger partial charge in [-0.15, -0.1) is 0 Å². The first kappa shape index (κ1) is 12.9. The number of benzene rings is 1. The maximum atomic E-state index is 13.7. The highest BCUT2D eigenvalue weighted by atomic mass is 35.5. The number of nitrogens with one attached hydrogen (secondary N) is 1. The van der Waals surface area contributed by atoms with Gasteiger partial charge in [0.05, 0.1) is 11.4 Å². The van der Waals surface area contributed by atoms with E-state index in [0.29, 0.717) is 16.7 Å². The van der Waals surface area contributed by atoms with Crippen molar-refractivity contribution in [2.24, 2.45) is 0 Å². The Balaban J connectivity index is 2.33. The van der Waals surface area contributed by atoms with E-state index in [-0.39, 0.29) is 6.04 Å². The van der Waals surface area contributed by atoms with Gasteiger partial charge in [0.2, 0.25) is 5.95 Å². The number of nitrogens with zero attached hydrogens (tertiary/aromatic N) is 2. The van der Waals surface area contributed by atoms with Crippen molar-refractivity contribution in [1.82, 2.24) is 9.55 Å². The van der Waals surface area contributed by atoms with Crippen LogP contribution in [0.15, 0.2) is 24.4 Å². The third kappa shape index (κ3) is 2.64. The summed E-state index contributed by atoms with van der Waals surface area (Å²) in [6.45, 7) is 6.00. The molecule has 0 spiro atoms. The number of rotatable bonds is 3. The summed E-state index contributed by atoms with van der Waals surface area (Å²) >= 11 is 5.72. The van der Waals surface area contributed by atoms with Crippen LogP contribution in [0.1, 0.15) is 25.6 Å². The second kappa shape index (κ2) is 4.98. The van der Waals surface area contributed by atoms with E-state index in [1.54, 1.807) is 12.1 Å². The standard InChI is InChI=1S/C13H15ClFN3/c1-8(2)18-7-9(3)16-13(18)17-12-5-4-10(14)6-11(12)15/h4-8H,1-3H3,(H,16,17). The van der Waals surface area contributed by atoms with Crippen LogP contribution >= 0.6 is 11.6 Å². The van der Waals surface area contributed by atoms with E-state index in [2.05, 4.69) is 10.3 Å². The molecule has 0 aliphatic carbocycles. The zero-order valence-corrected chi connectivity index (χ0v) is 11.3. The van der Waals surface area contributed by atoms with Crippen LogP contribution in [0, 0.1) is 12.7 Å². The van der Waals surface area contributed by atoms with E-state index >= 15 is 0 Å². The monoisotopic (exact) mass is 267 g/mol. The minimum absolute atomic E-state index is 0.254. The lowest BCUT2D eigenvalue weighted by Gasteiger charge is -2.13. The van der Waals surface area contributed by atoms with Gasteiger partial charge in [-0.3, -0.25) is 0 Å². The van der Waals surface area contributed by atoms with Crippen molar-refractivity contribution in [2.45, 2.75) is 26.8 Å². The molecule has 0 saturated carbocycles. The highest BCUT2D eigenvalue weighted by Gasteiger charge is 2.11. The average molecular weight is 268 g/mol. The number of halogens is 2. The number of aryl methyl sites for hydroxylation is 1. The fourth-order valence-corrected chi connectivity index (χ4v) is 1.87. The van der Waals surface area contributed by atoms with Crippen LogP contribution in [-0.2, 0) is 0 Å². The molecule has 0 radical (unpaired) electrons. The van der Waals surface area contributed by atoms with E-state index in [9.17, 15) is 4.39 Å². The summed E-state index contributed by atoms with van der Waals surface area (Å²) in [5.74, 6) is 0.238. The molecule has 0 amide bonds. The number of hydrogen-bond acceptors (Lipinski definition) is 2. The van der Waals surface area contributed by atoms with Gasteiger partial charge < -0.3 is 9.88 Å². The van der Waals surface area contributed by atoms with Gasteiger partial charge in [-0.25, -0.2) is 9.37 Å². The van der Waals surface area contributed by atoms with E-state index in [1.807, 2.05) is 31.5 Å². The second-order valence-electron chi connectivity index (χ2n) is 4.46. The predicted molar refractivity (Wildman–Crippen MR) is 72.0 cm³/mol. The summed E-state index contributed by atoms with van der Waals surface area (Å²) in [6.07, 6.45) is 1.93. The molecular weight excluding hydrogens is 253 g/mol. The SMILES string of the molecule is Cc1cn(C(C)C)c(Nc2ccc(Cl)cc2F)n1. The van der Waals surface area contributed by atoms with Gasteiger partial charge in [0.25, 0.3) is 0 Å². The van der Waals surface area contributed by atoms with Crippen molar-refractivity contribution < 1.29 is 4.39 Å². The topological polar surface area (TPSA) is 29.9 Å². The Hall–Kier alpha value is -1.55. The van der Waals surface area contributed by atoms with E-state index in [4.69, 9.17) is 11.6 Å². The Kier molecular flexibility index (Phi) is 3.57. The van der Waals surface area contributed by atoms with Crippen LogP contribution in [-0.4, -0.2) is 9.55 Å². The van der Waals surface area contributed by atoms with Crippen molar-refractivity contribution in [3.63, 3.8) is 0 Å². The third-order valence-electron chi connectivity index (χ3n) is 2.59. The molecule has 18 heavy (non-hydrogen) atoms. The molecule has 3 nitrogen and oxygen atoms in total. The average Bonchev–Trinajstić information content (AvgIpc) is 2.64. The Morgan fingerprint density at radius 1 is 1.39 bits per heavy atom. The van der Waals surface area contributed by atoms with Gasteiger partial charge in [0, 0.05) is 17.3 Å². The number of anilines is 2. The quantitative estimate of drug-likeness (QED) is 0.898. The highest BCUT2D eigenvalue weighted by molar-refractivity contribution is 6.30. The van der Waals surface area contributed by atoms with Crippen molar-refractivity contribution in [1.29, 1.82) is 0 Å². The molecule has 0 bridgehead atoms. The molecule has 0 aliphatic heterocycles. The summed E-state index contributed by atoms with van der Waals surface area (Å²) in [5, 5.41) is 3.36.